The number of nitrogen functional groups attached to an aromatic ring is 1. The lowest BCUT2D eigenvalue weighted by atomic mass is 9.47. The Bertz CT molecular complexity index is 1890. The molecule has 6 rings (SSSR count). The van der Waals surface area contributed by atoms with Crippen LogP contribution < -0.4 is 21.7 Å². The van der Waals surface area contributed by atoms with E-state index in [0.29, 0.717) is 42.6 Å². The fraction of sp³-hybridized carbons (Fsp3) is 0.525. The first-order chi connectivity index (χ1) is 25.2. The van der Waals surface area contributed by atoms with Crippen LogP contribution in [0.5, 0.6) is 0 Å². The summed E-state index contributed by atoms with van der Waals surface area (Å²) in [5.74, 6) is 3.09. The Balaban J connectivity index is 0.821. The van der Waals surface area contributed by atoms with Gasteiger partial charge >= 0.3 is 0 Å². The van der Waals surface area contributed by atoms with Crippen molar-refractivity contribution < 1.29 is 14.4 Å². The summed E-state index contributed by atoms with van der Waals surface area (Å²) in [5.41, 5.74) is 9.54. The SMILES string of the molecule is CCCCc1nc2c(N)nc3ccccc3c2n1CCCCNC(=O)CCSSCC(=O)NCCCCC1NC2(C)C3C=CC=CC=C3C2(C)C1=O. The Hall–Kier alpha value is -3.61. The zero-order chi connectivity index (χ0) is 36.7. The van der Waals surface area contributed by atoms with Crippen LogP contribution in [-0.4, -0.2) is 68.3 Å². The van der Waals surface area contributed by atoms with Gasteiger partial charge in [0.05, 0.1) is 28.2 Å². The second-order valence-electron chi connectivity index (χ2n) is 14.5. The Morgan fingerprint density at radius 1 is 0.981 bits per heavy atom. The number of carbonyl (C=O) groups excluding carboxylic acids is 3. The van der Waals surface area contributed by atoms with Crippen molar-refractivity contribution in [2.45, 2.75) is 96.7 Å². The number of nitrogens with one attached hydrogen (secondary N) is 3. The standard InChI is InChI=1S/C40H53N7O3S2/c1-4-5-20-32-45-35-36(27-15-9-10-18-30(27)44-38(35)41)47(32)24-14-13-23-42-33(48)21-25-51-52-26-34(49)43-22-12-11-19-31-37(50)39(2)28-16-7-6-8-17-29(28)40(39,3)46-31/h6-10,15-18,29,31,46H,4-5,11-14,19-26H2,1-3H3,(H2,41,44)(H,42,48)(H,43,49). The quantitative estimate of drug-likeness (QED) is 0.0805. The van der Waals surface area contributed by atoms with E-state index in [1.807, 2.05) is 30.4 Å². The number of benzene rings is 1. The smallest absolute Gasteiger partial charge is 0.230 e. The zero-order valence-corrected chi connectivity index (χ0v) is 32.3. The van der Waals surface area contributed by atoms with Crippen molar-refractivity contribution in [3.05, 3.63) is 66.0 Å². The van der Waals surface area contributed by atoms with Crippen LogP contribution in [0.2, 0.25) is 0 Å². The highest BCUT2D eigenvalue weighted by Crippen LogP contribution is 2.63. The van der Waals surface area contributed by atoms with Crippen LogP contribution in [-0.2, 0) is 27.3 Å². The van der Waals surface area contributed by atoms with Gasteiger partial charge in [0.1, 0.15) is 11.3 Å². The molecule has 3 aliphatic rings. The molecule has 2 amide bonds. The van der Waals surface area contributed by atoms with Crippen LogP contribution in [0.4, 0.5) is 5.82 Å². The number of anilines is 1. The third-order valence-electron chi connectivity index (χ3n) is 11.2. The minimum Gasteiger partial charge on any atom is -0.382 e. The molecule has 1 saturated heterocycles. The molecule has 3 aromatic rings. The summed E-state index contributed by atoms with van der Waals surface area (Å²) in [6.45, 7) is 8.48. The predicted molar refractivity (Wildman–Crippen MR) is 215 cm³/mol. The molecule has 4 unspecified atom stereocenters. The summed E-state index contributed by atoms with van der Waals surface area (Å²) in [5, 5.41) is 10.8. The number of nitrogens with zero attached hydrogens (tertiary/aromatic N) is 3. The van der Waals surface area contributed by atoms with Crippen molar-refractivity contribution in [3.8, 4) is 0 Å². The molecule has 2 aromatic heterocycles. The number of allylic oxidation sites excluding steroid dienone is 4. The highest BCUT2D eigenvalue weighted by atomic mass is 33.1. The van der Waals surface area contributed by atoms with E-state index in [4.69, 9.17) is 10.7 Å². The molecule has 4 atom stereocenters. The van der Waals surface area contributed by atoms with E-state index >= 15 is 0 Å². The Morgan fingerprint density at radius 2 is 1.77 bits per heavy atom. The van der Waals surface area contributed by atoms with Crippen LogP contribution in [0.25, 0.3) is 21.9 Å². The summed E-state index contributed by atoms with van der Waals surface area (Å²) in [6, 6.07) is 7.92. The molecule has 1 saturated carbocycles. The molecule has 12 heteroatoms. The Morgan fingerprint density at radius 3 is 2.60 bits per heavy atom. The van der Waals surface area contributed by atoms with Crippen molar-refractivity contribution in [1.82, 2.24) is 30.5 Å². The maximum Gasteiger partial charge on any atom is 0.230 e. The van der Waals surface area contributed by atoms with Crippen molar-refractivity contribution >= 4 is 66.9 Å². The predicted octanol–water partition coefficient (Wildman–Crippen LogP) is 6.45. The van der Waals surface area contributed by atoms with Gasteiger partial charge in [-0.15, -0.1) is 0 Å². The number of imidazole rings is 1. The van der Waals surface area contributed by atoms with Gasteiger partial charge in [-0.3, -0.25) is 19.7 Å². The van der Waals surface area contributed by atoms with Crippen molar-refractivity contribution in [1.29, 1.82) is 0 Å². The lowest BCUT2D eigenvalue weighted by Crippen LogP contribution is -2.66. The molecule has 0 bridgehead atoms. The van der Waals surface area contributed by atoms with Crippen LogP contribution in [0, 0.1) is 11.3 Å². The van der Waals surface area contributed by atoms with Crippen LogP contribution >= 0.6 is 21.6 Å². The minimum absolute atomic E-state index is 0.00234. The maximum atomic E-state index is 13.4. The van der Waals surface area contributed by atoms with Crippen LogP contribution in [0.15, 0.2) is 60.2 Å². The number of para-hydroxylation sites is 1. The molecule has 278 valence electrons. The van der Waals surface area contributed by atoms with Crippen molar-refractivity contribution in [2.24, 2.45) is 11.3 Å². The summed E-state index contributed by atoms with van der Waals surface area (Å²) >= 11 is 0. The van der Waals surface area contributed by atoms with E-state index in [0.717, 1.165) is 85.7 Å². The fourth-order valence-corrected chi connectivity index (χ4v) is 10.0. The fourth-order valence-electron chi connectivity index (χ4n) is 8.16. The maximum absolute atomic E-state index is 13.4. The summed E-state index contributed by atoms with van der Waals surface area (Å²) < 4.78 is 2.30. The van der Waals surface area contributed by atoms with Gasteiger partial charge < -0.3 is 20.9 Å². The molecule has 3 heterocycles. The second kappa shape index (κ2) is 17.0. The molecular weight excluding hydrogens is 691 g/mol. The third kappa shape index (κ3) is 7.70. The summed E-state index contributed by atoms with van der Waals surface area (Å²) in [7, 11) is 3.03. The van der Waals surface area contributed by atoms with Gasteiger partial charge in [-0.25, -0.2) is 9.97 Å². The van der Waals surface area contributed by atoms with Gasteiger partial charge in [-0.1, -0.05) is 83.5 Å². The average molecular weight is 744 g/mol. The zero-order valence-electron chi connectivity index (χ0n) is 30.7. The average Bonchev–Trinajstić information content (AvgIpc) is 3.43. The number of Topliss-reactive ketones (excluding diaryl/α,β-unsaturated/α-hetero) is 1. The summed E-state index contributed by atoms with van der Waals surface area (Å²) in [6.07, 6.45) is 18.2. The van der Waals surface area contributed by atoms with E-state index in [1.54, 1.807) is 10.8 Å². The third-order valence-corrected chi connectivity index (χ3v) is 13.4. The molecule has 0 radical (unpaired) electrons. The van der Waals surface area contributed by atoms with Gasteiger partial charge in [-0.2, -0.15) is 0 Å². The molecule has 52 heavy (non-hydrogen) atoms. The van der Waals surface area contributed by atoms with E-state index in [1.165, 1.54) is 16.4 Å². The van der Waals surface area contributed by atoms with Gasteiger partial charge in [0, 0.05) is 55.1 Å². The number of aromatic nitrogens is 3. The van der Waals surface area contributed by atoms with Crippen LogP contribution in [0.3, 0.4) is 0 Å². The first-order valence-electron chi connectivity index (χ1n) is 18.9. The van der Waals surface area contributed by atoms with Crippen LogP contribution in [0.1, 0.15) is 78.0 Å². The number of aryl methyl sites for hydroxylation is 2. The lowest BCUT2D eigenvalue weighted by molar-refractivity contribution is -0.129. The van der Waals surface area contributed by atoms with E-state index in [-0.39, 0.29) is 29.3 Å². The number of carbonyl (C=O) groups is 3. The highest BCUT2D eigenvalue weighted by molar-refractivity contribution is 8.76. The highest BCUT2D eigenvalue weighted by Gasteiger charge is 2.71. The molecule has 5 N–H and O–H groups in total. The molecule has 2 aliphatic carbocycles. The van der Waals surface area contributed by atoms with Crippen molar-refractivity contribution in [3.63, 3.8) is 0 Å². The van der Waals surface area contributed by atoms with E-state index in [2.05, 4.69) is 70.6 Å². The number of ketones is 1. The number of amides is 2. The van der Waals surface area contributed by atoms with Crippen molar-refractivity contribution in [2.75, 3.05) is 30.3 Å². The molecule has 1 aromatic carbocycles. The number of unbranched alkanes of at least 4 members (excludes halogenated alkanes) is 3. The topological polar surface area (TPSA) is 144 Å². The molecule has 2 fully saturated rings. The van der Waals surface area contributed by atoms with E-state index < -0.39 is 5.41 Å². The Labute approximate surface area is 315 Å². The number of rotatable bonds is 19. The lowest BCUT2D eigenvalue weighted by Gasteiger charge is -2.57. The van der Waals surface area contributed by atoms with Gasteiger partial charge in [0.15, 0.2) is 11.6 Å². The first kappa shape index (κ1) is 38.1. The number of pyridine rings is 1. The molecular formula is C40H53N7O3S2. The molecule has 10 nitrogen and oxygen atoms in total. The van der Waals surface area contributed by atoms with Gasteiger partial charge in [0.25, 0.3) is 0 Å². The normalized spacial score (nSPS) is 23.3. The number of hydrogen-bond donors (Lipinski definition) is 4. The number of fused-ring (bicyclic) bond motifs is 7. The largest absolute Gasteiger partial charge is 0.382 e. The monoisotopic (exact) mass is 743 g/mol. The van der Waals surface area contributed by atoms with E-state index in [9.17, 15) is 14.4 Å². The molecule has 1 aliphatic heterocycles. The van der Waals surface area contributed by atoms with Gasteiger partial charge in [-0.05, 0) is 64.0 Å². The Kier molecular flexibility index (Phi) is 12.5. The molecule has 0 spiro atoms. The minimum atomic E-state index is -0.453. The van der Waals surface area contributed by atoms with Gasteiger partial charge in [0.2, 0.25) is 11.8 Å². The number of hydrogen-bond acceptors (Lipinski definition) is 9. The second-order valence-corrected chi connectivity index (χ2v) is 17.1. The summed E-state index contributed by atoms with van der Waals surface area (Å²) in [4.78, 5) is 47.7. The number of nitrogens with two attached hydrogens (primary N) is 1. The first-order valence-corrected chi connectivity index (χ1v) is 21.4.